The minimum atomic E-state index is -0.284. The summed E-state index contributed by atoms with van der Waals surface area (Å²) >= 11 is 3.15. The van der Waals surface area contributed by atoms with E-state index in [9.17, 15) is 9.59 Å². The van der Waals surface area contributed by atoms with Crippen LogP contribution in [0.25, 0.3) is 10.9 Å². The quantitative estimate of drug-likeness (QED) is 0.621. The van der Waals surface area contributed by atoms with Crippen LogP contribution in [0.4, 0.5) is 0 Å². The van der Waals surface area contributed by atoms with Gasteiger partial charge in [0.1, 0.15) is 5.69 Å². The van der Waals surface area contributed by atoms with Crippen molar-refractivity contribution in [1.82, 2.24) is 15.6 Å². The van der Waals surface area contributed by atoms with Gasteiger partial charge in [-0.3, -0.25) is 9.59 Å². The number of carbonyl (C=O) groups excluding carboxylic acids is 2. The zero-order valence-corrected chi connectivity index (χ0v) is 14.9. The van der Waals surface area contributed by atoms with Crippen LogP contribution >= 0.6 is 15.9 Å². The summed E-state index contributed by atoms with van der Waals surface area (Å²) in [6.45, 7) is 0.873. The number of amides is 2. The Morgan fingerprint density at radius 3 is 2.48 bits per heavy atom. The maximum atomic E-state index is 12.1. The molecule has 0 bridgehead atoms. The number of aromatic nitrogens is 1. The van der Waals surface area contributed by atoms with Gasteiger partial charge in [-0.25, -0.2) is 4.98 Å². The van der Waals surface area contributed by atoms with Gasteiger partial charge in [-0.2, -0.15) is 0 Å². The molecule has 7 heteroatoms. The smallest absolute Gasteiger partial charge is 0.287 e. The van der Waals surface area contributed by atoms with Gasteiger partial charge in [0.05, 0.1) is 5.52 Å². The number of rotatable bonds is 6. The van der Waals surface area contributed by atoms with Crippen LogP contribution in [0.3, 0.4) is 0 Å². The Hall–Kier alpha value is -2.67. The molecule has 0 fully saturated rings. The molecule has 0 spiro atoms. The minimum Gasteiger partial charge on any atom is -0.444 e. The molecular weight excluding hydrogens is 386 g/mol. The highest BCUT2D eigenvalue weighted by atomic mass is 79.9. The van der Waals surface area contributed by atoms with Crippen LogP contribution in [0.2, 0.25) is 0 Å². The van der Waals surface area contributed by atoms with Gasteiger partial charge in [-0.05, 0) is 46.6 Å². The Kier molecular flexibility index (Phi) is 5.45. The number of halogens is 1. The predicted octanol–water partition coefficient (Wildman–Crippen LogP) is 3.14. The standard InChI is InChI=1S/C18H16BrN3O3/c19-16-9-8-15(25-16)18(24)21-11-3-10-20-17(23)14-7-6-12-4-1-2-5-13(12)22-14/h1-2,4-9H,3,10-11H2,(H,20,23)(H,21,24). The van der Waals surface area contributed by atoms with Crippen molar-refractivity contribution in [2.75, 3.05) is 13.1 Å². The number of carbonyl (C=O) groups is 2. The fourth-order valence-electron chi connectivity index (χ4n) is 2.30. The van der Waals surface area contributed by atoms with E-state index in [4.69, 9.17) is 4.42 Å². The molecule has 2 amide bonds. The molecule has 1 aromatic carbocycles. The van der Waals surface area contributed by atoms with Gasteiger partial charge in [-0.1, -0.05) is 24.3 Å². The number of fused-ring (bicyclic) bond motifs is 1. The van der Waals surface area contributed by atoms with Crippen molar-refractivity contribution in [2.45, 2.75) is 6.42 Å². The molecule has 0 atom stereocenters. The van der Waals surface area contributed by atoms with Crippen molar-refractivity contribution in [1.29, 1.82) is 0 Å². The largest absolute Gasteiger partial charge is 0.444 e. The molecule has 0 saturated heterocycles. The second kappa shape index (κ2) is 7.94. The first kappa shape index (κ1) is 17.2. The molecule has 25 heavy (non-hydrogen) atoms. The predicted molar refractivity (Wildman–Crippen MR) is 97.4 cm³/mol. The number of nitrogens with one attached hydrogen (secondary N) is 2. The Labute approximate surface area is 152 Å². The molecule has 128 valence electrons. The van der Waals surface area contributed by atoms with E-state index in [1.807, 2.05) is 30.3 Å². The number of pyridine rings is 1. The summed E-state index contributed by atoms with van der Waals surface area (Å²) in [5.74, 6) is -0.267. The van der Waals surface area contributed by atoms with Crippen LogP contribution in [0.1, 0.15) is 27.5 Å². The average Bonchev–Trinajstić information content (AvgIpc) is 3.07. The van der Waals surface area contributed by atoms with Crippen LogP contribution in [0, 0.1) is 0 Å². The lowest BCUT2D eigenvalue weighted by Crippen LogP contribution is -2.30. The number of para-hydroxylation sites is 1. The normalized spacial score (nSPS) is 10.6. The Bertz CT molecular complexity index is 907. The number of furan rings is 1. The van der Waals surface area contributed by atoms with Crippen LogP contribution in [0.5, 0.6) is 0 Å². The average molecular weight is 402 g/mol. The van der Waals surface area contributed by atoms with E-state index in [2.05, 4.69) is 31.5 Å². The van der Waals surface area contributed by atoms with E-state index in [1.54, 1.807) is 18.2 Å². The molecule has 0 unspecified atom stereocenters. The van der Waals surface area contributed by atoms with E-state index in [0.717, 1.165) is 10.9 Å². The Morgan fingerprint density at radius 1 is 0.960 bits per heavy atom. The lowest BCUT2D eigenvalue weighted by Gasteiger charge is -2.06. The van der Waals surface area contributed by atoms with Crippen LogP contribution < -0.4 is 10.6 Å². The van der Waals surface area contributed by atoms with Crippen molar-refractivity contribution in [3.63, 3.8) is 0 Å². The third kappa shape index (κ3) is 4.45. The molecule has 0 aliphatic carbocycles. The Balaban J connectivity index is 1.43. The first-order valence-electron chi connectivity index (χ1n) is 7.81. The highest BCUT2D eigenvalue weighted by molar-refractivity contribution is 9.10. The molecule has 6 nitrogen and oxygen atoms in total. The maximum absolute atomic E-state index is 12.1. The minimum absolute atomic E-state index is 0.230. The zero-order valence-electron chi connectivity index (χ0n) is 13.3. The third-order valence-corrected chi connectivity index (χ3v) is 3.98. The van der Waals surface area contributed by atoms with Crippen molar-refractivity contribution in [3.8, 4) is 0 Å². The van der Waals surface area contributed by atoms with E-state index in [1.165, 1.54) is 0 Å². The van der Waals surface area contributed by atoms with Crippen molar-refractivity contribution >= 4 is 38.6 Å². The summed E-state index contributed by atoms with van der Waals surface area (Å²) in [5.41, 5.74) is 1.16. The number of nitrogens with zero attached hydrogens (tertiary/aromatic N) is 1. The molecule has 2 heterocycles. The Morgan fingerprint density at radius 2 is 1.72 bits per heavy atom. The molecule has 3 aromatic rings. The third-order valence-electron chi connectivity index (χ3n) is 3.55. The van der Waals surface area contributed by atoms with Crippen LogP contribution in [-0.2, 0) is 0 Å². The van der Waals surface area contributed by atoms with Gasteiger partial charge >= 0.3 is 0 Å². The SMILES string of the molecule is O=C(NCCCNC(=O)c1ccc(Br)o1)c1ccc2ccccc2n1. The molecule has 2 aromatic heterocycles. The highest BCUT2D eigenvalue weighted by Gasteiger charge is 2.10. The van der Waals surface area contributed by atoms with Crippen molar-refractivity contribution in [3.05, 3.63) is 64.7 Å². The second-order valence-corrected chi connectivity index (χ2v) is 6.14. The molecule has 3 rings (SSSR count). The summed E-state index contributed by atoms with van der Waals surface area (Å²) in [5, 5.41) is 6.52. The van der Waals surface area contributed by atoms with Gasteiger partial charge in [-0.15, -0.1) is 0 Å². The summed E-state index contributed by atoms with van der Waals surface area (Å²) in [6, 6.07) is 14.5. The molecule has 0 saturated carbocycles. The van der Waals surface area contributed by atoms with Gasteiger partial charge in [0, 0.05) is 18.5 Å². The monoisotopic (exact) mass is 401 g/mol. The first-order chi connectivity index (χ1) is 12.1. The first-order valence-corrected chi connectivity index (χ1v) is 8.60. The van der Waals surface area contributed by atoms with E-state index < -0.39 is 0 Å². The molecule has 0 aliphatic heterocycles. The van der Waals surface area contributed by atoms with Crippen molar-refractivity contribution < 1.29 is 14.0 Å². The topological polar surface area (TPSA) is 84.2 Å². The van der Waals surface area contributed by atoms with Gasteiger partial charge in [0.2, 0.25) is 0 Å². The fraction of sp³-hybridized carbons (Fsp3) is 0.167. The molecule has 0 radical (unpaired) electrons. The van der Waals surface area contributed by atoms with Gasteiger partial charge in [0.25, 0.3) is 11.8 Å². The van der Waals surface area contributed by atoms with Crippen LogP contribution in [0.15, 0.2) is 57.6 Å². The van der Waals surface area contributed by atoms with E-state index in [-0.39, 0.29) is 17.6 Å². The zero-order chi connectivity index (χ0) is 17.6. The highest BCUT2D eigenvalue weighted by Crippen LogP contribution is 2.13. The second-order valence-electron chi connectivity index (χ2n) is 5.36. The van der Waals surface area contributed by atoms with Crippen LogP contribution in [-0.4, -0.2) is 29.9 Å². The fourth-order valence-corrected chi connectivity index (χ4v) is 2.61. The number of benzene rings is 1. The lowest BCUT2D eigenvalue weighted by molar-refractivity contribution is 0.0924. The number of hydrogen-bond donors (Lipinski definition) is 2. The lowest BCUT2D eigenvalue weighted by atomic mass is 10.2. The van der Waals surface area contributed by atoms with E-state index in [0.29, 0.717) is 29.9 Å². The summed E-state index contributed by atoms with van der Waals surface area (Å²) in [7, 11) is 0. The summed E-state index contributed by atoms with van der Waals surface area (Å²) in [4.78, 5) is 28.3. The van der Waals surface area contributed by atoms with Gasteiger partial charge < -0.3 is 15.1 Å². The molecule has 0 aliphatic rings. The molecule has 2 N–H and O–H groups in total. The van der Waals surface area contributed by atoms with Gasteiger partial charge in [0.15, 0.2) is 10.4 Å². The summed E-state index contributed by atoms with van der Waals surface area (Å²) < 4.78 is 5.67. The van der Waals surface area contributed by atoms with E-state index >= 15 is 0 Å². The summed E-state index contributed by atoms with van der Waals surface area (Å²) in [6.07, 6.45) is 0.604. The van der Waals surface area contributed by atoms with Crippen molar-refractivity contribution in [2.24, 2.45) is 0 Å². The maximum Gasteiger partial charge on any atom is 0.287 e. The molecular formula is C18H16BrN3O3. The number of hydrogen-bond acceptors (Lipinski definition) is 4.